The number of carbonyl (C=O) groups is 2. The molecule has 1 saturated heterocycles. The predicted molar refractivity (Wildman–Crippen MR) is 38.3 cm³/mol. The van der Waals surface area contributed by atoms with Crippen LogP contribution < -0.4 is 5.32 Å². The number of alkyl halides is 3. The van der Waals surface area contributed by atoms with Crippen LogP contribution in [0.25, 0.3) is 0 Å². The molecule has 1 fully saturated rings. The van der Waals surface area contributed by atoms with Crippen molar-refractivity contribution < 1.29 is 27.9 Å². The van der Waals surface area contributed by atoms with E-state index in [-0.39, 0.29) is 12.8 Å². The van der Waals surface area contributed by atoms with Crippen molar-refractivity contribution in [2.45, 2.75) is 25.1 Å². The molecule has 1 aliphatic heterocycles. The number of nitrogens with one attached hydrogen (secondary N) is 1. The number of hydrogen-bond donors (Lipinski definition) is 2. The molecular weight excluding hydrogens is 203 g/mol. The number of piperidine rings is 1. The normalized spacial score (nSPS) is 28.4. The molecule has 2 N–H and O–H groups in total. The Balaban J connectivity index is 2.65. The van der Waals surface area contributed by atoms with Gasteiger partial charge in [0, 0.05) is 0 Å². The average Bonchev–Trinajstić information content (AvgIpc) is 2.01. The molecule has 0 aliphatic carbocycles. The lowest BCUT2D eigenvalue weighted by molar-refractivity contribution is -0.173. The van der Waals surface area contributed by atoms with E-state index in [9.17, 15) is 22.8 Å². The summed E-state index contributed by atoms with van der Waals surface area (Å²) in [6.07, 6.45) is -5.16. The first kappa shape index (κ1) is 10.8. The highest BCUT2D eigenvalue weighted by molar-refractivity contribution is 5.97. The Labute approximate surface area is 77.1 Å². The Bertz CT molecular complexity index is 263. The van der Waals surface area contributed by atoms with Crippen molar-refractivity contribution >= 4 is 11.9 Å². The second-order valence-electron chi connectivity index (χ2n) is 3.07. The van der Waals surface area contributed by atoms with Crippen LogP contribution in [0.5, 0.6) is 0 Å². The summed E-state index contributed by atoms with van der Waals surface area (Å²) in [7, 11) is 0. The van der Waals surface area contributed by atoms with E-state index in [0.29, 0.717) is 0 Å². The Morgan fingerprint density at radius 1 is 1.43 bits per heavy atom. The lowest BCUT2D eigenvalue weighted by Gasteiger charge is -2.28. The standard InChI is InChI=1S/C7H8F3NO3/c8-7(9,10)4-2-1-3(6(13)14)5(12)11-4/h3-4H,1-2H2,(H,11,12)(H,13,14)/t3-,4-/m0/s1. The molecule has 0 radical (unpaired) electrons. The smallest absolute Gasteiger partial charge is 0.408 e. The minimum atomic E-state index is -4.50. The third-order valence-corrected chi connectivity index (χ3v) is 2.07. The SMILES string of the molecule is O=C(O)[C@H]1CC[C@@H](C(F)(F)F)NC1=O. The van der Waals surface area contributed by atoms with Crippen LogP contribution in [0.15, 0.2) is 0 Å². The highest BCUT2D eigenvalue weighted by Crippen LogP contribution is 2.28. The molecule has 80 valence electrons. The number of carbonyl (C=O) groups excluding carboxylic acids is 1. The third-order valence-electron chi connectivity index (χ3n) is 2.07. The molecular formula is C7H8F3NO3. The van der Waals surface area contributed by atoms with Gasteiger partial charge in [-0.2, -0.15) is 13.2 Å². The van der Waals surface area contributed by atoms with Gasteiger partial charge < -0.3 is 10.4 Å². The second kappa shape index (κ2) is 3.47. The van der Waals surface area contributed by atoms with Gasteiger partial charge in [-0.15, -0.1) is 0 Å². The first-order valence-corrected chi connectivity index (χ1v) is 3.92. The van der Waals surface area contributed by atoms with E-state index in [4.69, 9.17) is 5.11 Å². The van der Waals surface area contributed by atoms with Crippen molar-refractivity contribution in [1.29, 1.82) is 0 Å². The van der Waals surface area contributed by atoms with Crippen LogP contribution in [0.4, 0.5) is 13.2 Å². The lowest BCUT2D eigenvalue weighted by atomic mass is 9.94. The number of carboxylic acid groups (broad SMARTS) is 1. The van der Waals surface area contributed by atoms with Gasteiger partial charge in [-0.25, -0.2) is 0 Å². The highest BCUT2D eigenvalue weighted by atomic mass is 19.4. The van der Waals surface area contributed by atoms with Crippen LogP contribution in [-0.4, -0.2) is 29.2 Å². The molecule has 14 heavy (non-hydrogen) atoms. The largest absolute Gasteiger partial charge is 0.481 e. The fourth-order valence-corrected chi connectivity index (χ4v) is 1.29. The van der Waals surface area contributed by atoms with E-state index in [1.54, 1.807) is 5.32 Å². The van der Waals surface area contributed by atoms with Crippen molar-refractivity contribution in [3.8, 4) is 0 Å². The van der Waals surface area contributed by atoms with Crippen LogP contribution in [0, 0.1) is 5.92 Å². The molecule has 7 heteroatoms. The molecule has 0 saturated carbocycles. The van der Waals surface area contributed by atoms with Gasteiger partial charge >= 0.3 is 12.1 Å². The van der Waals surface area contributed by atoms with Gasteiger partial charge in [0.2, 0.25) is 5.91 Å². The molecule has 1 heterocycles. The first-order chi connectivity index (χ1) is 6.32. The molecule has 0 aromatic carbocycles. The zero-order valence-electron chi connectivity index (χ0n) is 6.97. The number of aliphatic carboxylic acids is 1. The van der Waals surface area contributed by atoms with E-state index in [1.165, 1.54) is 0 Å². The predicted octanol–water partition coefficient (Wildman–Crippen LogP) is 0.528. The number of amides is 1. The van der Waals surface area contributed by atoms with Crippen molar-refractivity contribution in [2.75, 3.05) is 0 Å². The van der Waals surface area contributed by atoms with Gasteiger partial charge in [0.15, 0.2) is 0 Å². The minimum Gasteiger partial charge on any atom is -0.481 e. The maximum Gasteiger partial charge on any atom is 0.408 e. The number of hydrogen-bond acceptors (Lipinski definition) is 2. The minimum absolute atomic E-state index is 0.272. The second-order valence-corrected chi connectivity index (χ2v) is 3.07. The highest BCUT2D eigenvalue weighted by Gasteiger charge is 2.45. The summed E-state index contributed by atoms with van der Waals surface area (Å²) in [6.45, 7) is 0. The molecule has 2 atom stereocenters. The van der Waals surface area contributed by atoms with Crippen LogP contribution in [0.1, 0.15) is 12.8 Å². The summed E-state index contributed by atoms with van der Waals surface area (Å²) < 4.78 is 36.2. The zero-order valence-corrected chi connectivity index (χ0v) is 6.97. The van der Waals surface area contributed by atoms with Gasteiger partial charge in [-0.1, -0.05) is 0 Å². The zero-order chi connectivity index (χ0) is 10.9. The summed E-state index contributed by atoms with van der Waals surface area (Å²) in [4.78, 5) is 21.3. The maximum absolute atomic E-state index is 12.1. The van der Waals surface area contributed by atoms with E-state index >= 15 is 0 Å². The van der Waals surface area contributed by atoms with Crippen molar-refractivity contribution in [3.63, 3.8) is 0 Å². The van der Waals surface area contributed by atoms with Crippen molar-refractivity contribution in [2.24, 2.45) is 5.92 Å². The fourth-order valence-electron chi connectivity index (χ4n) is 1.29. The van der Waals surface area contributed by atoms with E-state index in [0.717, 1.165) is 0 Å². The van der Waals surface area contributed by atoms with Crippen LogP contribution in [0.2, 0.25) is 0 Å². The Kier molecular flexibility index (Phi) is 2.68. The number of rotatable bonds is 1. The lowest BCUT2D eigenvalue weighted by Crippen LogP contribution is -2.52. The fraction of sp³-hybridized carbons (Fsp3) is 0.714. The third kappa shape index (κ3) is 2.15. The number of halogens is 3. The summed E-state index contributed by atoms with van der Waals surface area (Å²) >= 11 is 0. The van der Waals surface area contributed by atoms with E-state index in [2.05, 4.69) is 0 Å². The topological polar surface area (TPSA) is 66.4 Å². The summed E-state index contributed by atoms with van der Waals surface area (Å²) in [5.74, 6) is -3.80. The summed E-state index contributed by atoms with van der Waals surface area (Å²) in [6, 6.07) is -1.91. The Hall–Kier alpha value is -1.27. The molecule has 0 bridgehead atoms. The van der Waals surface area contributed by atoms with Crippen molar-refractivity contribution in [3.05, 3.63) is 0 Å². The van der Waals surface area contributed by atoms with Gasteiger partial charge in [0.05, 0.1) is 0 Å². The molecule has 0 aromatic heterocycles. The molecule has 1 amide bonds. The van der Waals surface area contributed by atoms with E-state index < -0.39 is 30.0 Å². The number of carboxylic acids is 1. The van der Waals surface area contributed by atoms with Crippen LogP contribution in [-0.2, 0) is 9.59 Å². The Morgan fingerprint density at radius 2 is 2.00 bits per heavy atom. The average molecular weight is 211 g/mol. The van der Waals surface area contributed by atoms with E-state index in [1.807, 2.05) is 0 Å². The quantitative estimate of drug-likeness (QED) is 0.621. The van der Waals surface area contributed by atoms with Gasteiger partial charge in [-0.3, -0.25) is 9.59 Å². The maximum atomic E-state index is 12.1. The van der Waals surface area contributed by atoms with Crippen molar-refractivity contribution in [1.82, 2.24) is 5.32 Å². The first-order valence-electron chi connectivity index (χ1n) is 3.92. The molecule has 0 spiro atoms. The molecule has 0 unspecified atom stereocenters. The Morgan fingerprint density at radius 3 is 2.36 bits per heavy atom. The van der Waals surface area contributed by atoms with Crippen LogP contribution in [0.3, 0.4) is 0 Å². The van der Waals surface area contributed by atoms with Gasteiger partial charge in [-0.05, 0) is 12.8 Å². The van der Waals surface area contributed by atoms with Gasteiger partial charge in [0.25, 0.3) is 0 Å². The van der Waals surface area contributed by atoms with Crippen LogP contribution >= 0.6 is 0 Å². The summed E-state index contributed by atoms with van der Waals surface area (Å²) in [5, 5.41) is 10.1. The molecule has 1 rings (SSSR count). The molecule has 0 aromatic rings. The summed E-state index contributed by atoms with van der Waals surface area (Å²) in [5.41, 5.74) is 0. The van der Waals surface area contributed by atoms with Gasteiger partial charge in [0.1, 0.15) is 12.0 Å². The molecule has 4 nitrogen and oxygen atoms in total. The monoisotopic (exact) mass is 211 g/mol. The molecule has 1 aliphatic rings.